The number of pyridine rings is 1. The predicted octanol–water partition coefficient (Wildman–Crippen LogP) is 1.15. The van der Waals surface area contributed by atoms with Crippen molar-refractivity contribution in [3.63, 3.8) is 0 Å². The summed E-state index contributed by atoms with van der Waals surface area (Å²) in [4.78, 5) is 26.2. The number of carbonyl (C=O) groups is 1. The zero-order valence-corrected chi connectivity index (χ0v) is 22.8. The molecular weight excluding hydrogens is 508 g/mol. The summed E-state index contributed by atoms with van der Waals surface area (Å²) in [5.74, 6) is 0.626. The number of anilines is 3. The van der Waals surface area contributed by atoms with Gasteiger partial charge in [0.15, 0.2) is 5.65 Å². The zero-order chi connectivity index (χ0) is 27.7. The lowest BCUT2D eigenvalue weighted by atomic mass is 9.82. The van der Waals surface area contributed by atoms with Gasteiger partial charge in [-0.2, -0.15) is 20.6 Å². The molecule has 1 amide bonds. The third-order valence-electron chi connectivity index (χ3n) is 8.45. The van der Waals surface area contributed by atoms with E-state index < -0.39 is 0 Å². The fourth-order valence-corrected chi connectivity index (χ4v) is 6.02. The number of rotatable bonds is 7. The Bertz CT molecular complexity index is 1440. The Balaban J connectivity index is 1.11. The molecule has 0 saturated carbocycles. The normalized spacial score (nSPS) is 20.2. The molecule has 3 aromatic heterocycles. The van der Waals surface area contributed by atoms with E-state index in [1.807, 2.05) is 23.2 Å². The molecule has 0 spiro atoms. The minimum Gasteiger partial charge on any atom is -0.365 e. The van der Waals surface area contributed by atoms with Crippen molar-refractivity contribution in [2.24, 2.45) is 5.92 Å². The molecule has 0 aromatic carbocycles. The van der Waals surface area contributed by atoms with E-state index in [1.54, 1.807) is 21.6 Å². The fourth-order valence-electron chi connectivity index (χ4n) is 6.02. The van der Waals surface area contributed by atoms with Gasteiger partial charge in [0.25, 0.3) is 0 Å². The monoisotopic (exact) mass is 542 g/mol. The summed E-state index contributed by atoms with van der Waals surface area (Å²) in [6, 6.07) is 8.78. The van der Waals surface area contributed by atoms with Crippen LogP contribution in [0.3, 0.4) is 0 Å². The van der Waals surface area contributed by atoms with Crippen LogP contribution >= 0.6 is 0 Å². The van der Waals surface area contributed by atoms with Crippen LogP contribution < -0.4 is 10.2 Å². The number of piperidine rings is 1. The summed E-state index contributed by atoms with van der Waals surface area (Å²) in [5.41, 5.74) is 2.22. The second-order valence-electron chi connectivity index (χ2n) is 11.1. The molecule has 3 aliphatic rings. The van der Waals surface area contributed by atoms with Gasteiger partial charge in [-0.25, -0.2) is 4.52 Å². The Hall–Kier alpha value is -4.20. The SMILES string of the molecule is CN1CCN(C(=O)Cn2cc(Nc3nc4c(N5CC(CC#N)(N6CCC(C#N)CC6)C5)cccn4n3)cn2)CC1. The Morgan fingerprint density at radius 2 is 1.93 bits per heavy atom. The van der Waals surface area contributed by atoms with E-state index in [1.165, 1.54) is 0 Å². The minimum atomic E-state index is -0.195. The second kappa shape index (κ2) is 10.8. The van der Waals surface area contributed by atoms with Crippen LogP contribution in [0.2, 0.25) is 0 Å². The zero-order valence-electron chi connectivity index (χ0n) is 22.8. The van der Waals surface area contributed by atoms with E-state index in [9.17, 15) is 15.3 Å². The average Bonchev–Trinajstić information content (AvgIpc) is 3.57. The molecule has 6 heterocycles. The molecule has 40 heavy (non-hydrogen) atoms. The highest BCUT2D eigenvalue weighted by Crippen LogP contribution is 2.38. The molecule has 0 atom stereocenters. The van der Waals surface area contributed by atoms with Gasteiger partial charge in [0, 0.05) is 70.7 Å². The highest BCUT2D eigenvalue weighted by atomic mass is 16.2. The quantitative estimate of drug-likeness (QED) is 0.463. The third kappa shape index (κ3) is 5.06. The third-order valence-corrected chi connectivity index (χ3v) is 8.45. The first-order valence-electron chi connectivity index (χ1n) is 13.8. The number of nitriles is 2. The molecule has 0 bridgehead atoms. The fraction of sp³-hybridized carbons (Fsp3) is 0.556. The Kier molecular flexibility index (Phi) is 7.00. The Labute approximate surface area is 233 Å². The summed E-state index contributed by atoms with van der Waals surface area (Å²) >= 11 is 0. The molecule has 3 aromatic rings. The number of fused-ring (bicyclic) bond motifs is 1. The Morgan fingerprint density at radius 3 is 2.65 bits per heavy atom. The van der Waals surface area contributed by atoms with E-state index in [0.717, 1.165) is 76.5 Å². The first kappa shape index (κ1) is 26.0. The molecule has 3 fully saturated rings. The summed E-state index contributed by atoms with van der Waals surface area (Å²) < 4.78 is 3.39. The smallest absolute Gasteiger partial charge is 0.247 e. The van der Waals surface area contributed by atoms with Crippen LogP contribution in [0.1, 0.15) is 19.3 Å². The van der Waals surface area contributed by atoms with Crippen molar-refractivity contribution in [1.29, 1.82) is 10.5 Å². The van der Waals surface area contributed by atoms with Crippen LogP contribution in [-0.2, 0) is 11.3 Å². The van der Waals surface area contributed by atoms with Crippen molar-refractivity contribution >= 4 is 28.9 Å². The standard InChI is InChI=1S/C27H34N12O/c1-34-11-13-35(14-12-34)24(40)18-38-17-22(16-30-38)31-26-32-25-23(3-2-8-39(25)33-26)36-19-27(20-36,6-7-28)37-9-4-21(15-29)5-10-37/h2-3,8,16-17,21H,4-6,9-14,18-20H2,1H3,(H,31,33). The van der Waals surface area contributed by atoms with Crippen molar-refractivity contribution in [1.82, 2.24) is 39.1 Å². The van der Waals surface area contributed by atoms with Crippen molar-refractivity contribution in [3.05, 3.63) is 30.7 Å². The number of piperazine rings is 1. The van der Waals surface area contributed by atoms with Gasteiger partial charge in [-0.05, 0) is 32.0 Å². The lowest BCUT2D eigenvalue weighted by molar-refractivity contribution is -0.133. The summed E-state index contributed by atoms with van der Waals surface area (Å²) in [5, 5.41) is 31.0. The number of hydrogen-bond donors (Lipinski definition) is 1. The number of likely N-dealkylation sites (tertiary alicyclic amines) is 1. The van der Waals surface area contributed by atoms with Crippen LogP contribution in [0.25, 0.3) is 5.65 Å². The number of carbonyl (C=O) groups excluding carboxylic acids is 1. The first-order valence-corrected chi connectivity index (χ1v) is 13.8. The highest BCUT2D eigenvalue weighted by Gasteiger charge is 2.49. The number of nitrogens with zero attached hydrogens (tertiary/aromatic N) is 11. The van der Waals surface area contributed by atoms with Crippen LogP contribution in [0, 0.1) is 28.6 Å². The van der Waals surface area contributed by atoms with Crippen LogP contribution in [0.5, 0.6) is 0 Å². The summed E-state index contributed by atoms with van der Waals surface area (Å²) in [7, 11) is 2.07. The van der Waals surface area contributed by atoms with E-state index in [2.05, 4.69) is 49.4 Å². The van der Waals surface area contributed by atoms with Crippen molar-refractivity contribution in [3.8, 4) is 12.1 Å². The maximum Gasteiger partial charge on any atom is 0.247 e. The van der Waals surface area contributed by atoms with Gasteiger partial charge in [0.1, 0.15) is 6.54 Å². The van der Waals surface area contributed by atoms with Crippen LogP contribution in [-0.4, -0.2) is 110 Å². The van der Waals surface area contributed by atoms with Gasteiger partial charge >= 0.3 is 0 Å². The number of aromatic nitrogens is 5. The number of likely N-dealkylation sites (N-methyl/N-ethyl adjacent to an activating group) is 1. The van der Waals surface area contributed by atoms with Crippen LogP contribution in [0.4, 0.5) is 17.3 Å². The topological polar surface area (TPSA) is 138 Å². The van der Waals surface area contributed by atoms with E-state index in [0.29, 0.717) is 18.1 Å². The number of nitrogens with one attached hydrogen (secondary N) is 1. The van der Waals surface area contributed by atoms with Crippen LogP contribution in [0.15, 0.2) is 30.7 Å². The maximum absolute atomic E-state index is 12.7. The molecule has 0 unspecified atom stereocenters. The van der Waals surface area contributed by atoms with Crippen molar-refractivity contribution < 1.29 is 4.79 Å². The molecule has 0 radical (unpaired) electrons. The second-order valence-corrected chi connectivity index (χ2v) is 11.1. The van der Waals surface area contributed by atoms with Crippen molar-refractivity contribution in [2.45, 2.75) is 31.3 Å². The predicted molar refractivity (Wildman–Crippen MR) is 148 cm³/mol. The summed E-state index contributed by atoms with van der Waals surface area (Å²) in [6.45, 7) is 6.63. The molecule has 1 N–H and O–H groups in total. The van der Waals surface area contributed by atoms with E-state index in [-0.39, 0.29) is 23.9 Å². The Morgan fingerprint density at radius 1 is 1.15 bits per heavy atom. The number of amides is 1. The van der Waals surface area contributed by atoms with Gasteiger partial charge in [0.05, 0.1) is 41.7 Å². The minimum absolute atomic E-state index is 0.0645. The highest BCUT2D eigenvalue weighted by molar-refractivity contribution is 5.76. The molecule has 13 nitrogen and oxygen atoms in total. The molecule has 6 rings (SSSR count). The van der Waals surface area contributed by atoms with Gasteiger partial charge in [-0.15, -0.1) is 5.10 Å². The largest absolute Gasteiger partial charge is 0.365 e. The molecule has 13 heteroatoms. The lowest BCUT2D eigenvalue weighted by Gasteiger charge is -2.57. The molecule has 3 aliphatic heterocycles. The molecular formula is C27H34N12O. The lowest BCUT2D eigenvalue weighted by Crippen LogP contribution is -2.71. The van der Waals surface area contributed by atoms with Crippen molar-refractivity contribution in [2.75, 3.05) is 69.6 Å². The van der Waals surface area contributed by atoms with Gasteiger partial charge in [-0.3, -0.25) is 14.4 Å². The number of hydrogen-bond acceptors (Lipinski definition) is 10. The van der Waals surface area contributed by atoms with Gasteiger partial charge < -0.3 is 20.0 Å². The van der Waals surface area contributed by atoms with Gasteiger partial charge in [-0.1, -0.05) is 0 Å². The maximum atomic E-state index is 12.7. The molecule has 0 aliphatic carbocycles. The average molecular weight is 543 g/mol. The first-order chi connectivity index (χ1) is 19.5. The van der Waals surface area contributed by atoms with Gasteiger partial charge in [0.2, 0.25) is 11.9 Å². The van der Waals surface area contributed by atoms with E-state index in [4.69, 9.17) is 4.98 Å². The molecule has 3 saturated heterocycles. The summed E-state index contributed by atoms with van der Waals surface area (Å²) in [6.07, 6.45) is 7.51. The van der Waals surface area contributed by atoms with E-state index >= 15 is 0 Å². The molecule has 208 valence electrons.